The summed E-state index contributed by atoms with van der Waals surface area (Å²) in [7, 11) is 0. The fraction of sp³-hybridized carbons (Fsp3) is 0.909. The third-order valence-electron chi connectivity index (χ3n) is 2.86. The van der Waals surface area contributed by atoms with Crippen molar-refractivity contribution in [1.29, 1.82) is 0 Å². The normalized spacial score (nSPS) is 28.3. The number of ether oxygens (including phenoxy) is 1. The molecule has 1 fully saturated rings. The third kappa shape index (κ3) is 3.64. The smallest absolute Gasteiger partial charge is 0.315 e. The minimum absolute atomic E-state index is 0.0217. The van der Waals surface area contributed by atoms with E-state index in [4.69, 9.17) is 10.5 Å². The lowest BCUT2D eigenvalue weighted by Crippen LogP contribution is -2.65. The minimum atomic E-state index is -0.140. The monoisotopic (exact) mass is 229 g/mol. The zero-order chi connectivity index (χ0) is 12.0. The summed E-state index contributed by atoms with van der Waals surface area (Å²) >= 11 is 0. The van der Waals surface area contributed by atoms with Gasteiger partial charge in [-0.3, -0.25) is 0 Å². The maximum Gasteiger partial charge on any atom is 0.315 e. The molecule has 2 amide bonds. The maximum absolute atomic E-state index is 11.5. The predicted molar refractivity (Wildman–Crippen MR) is 63.2 cm³/mol. The lowest BCUT2D eigenvalue weighted by atomic mass is 9.83. The fourth-order valence-corrected chi connectivity index (χ4v) is 1.81. The first kappa shape index (κ1) is 13.3. The summed E-state index contributed by atoms with van der Waals surface area (Å²) in [5, 5.41) is 5.66. The Balaban J connectivity index is 2.21. The van der Waals surface area contributed by atoms with Gasteiger partial charge in [0.05, 0.1) is 12.1 Å². The van der Waals surface area contributed by atoms with Crippen LogP contribution in [0.2, 0.25) is 0 Å². The zero-order valence-corrected chi connectivity index (χ0v) is 10.2. The van der Waals surface area contributed by atoms with Crippen LogP contribution in [-0.4, -0.2) is 37.4 Å². The van der Waals surface area contributed by atoms with Gasteiger partial charge >= 0.3 is 6.03 Å². The minimum Gasteiger partial charge on any atom is -0.376 e. The quantitative estimate of drug-likeness (QED) is 0.583. The molecule has 1 saturated carbocycles. The lowest BCUT2D eigenvalue weighted by molar-refractivity contribution is -0.0282. The van der Waals surface area contributed by atoms with Crippen LogP contribution >= 0.6 is 0 Å². The molecule has 0 aromatic rings. The van der Waals surface area contributed by atoms with E-state index in [1.54, 1.807) is 0 Å². The highest BCUT2D eigenvalue weighted by molar-refractivity contribution is 5.74. The topological polar surface area (TPSA) is 76.4 Å². The summed E-state index contributed by atoms with van der Waals surface area (Å²) in [6.07, 6.45) is 2.98. The molecule has 1 aliphatic carbocycles. The molecule has 0 aromatic carbocycles. The molecule has 0 aromatic heterocycles. The molecule has 0 saturated heterocycles. The Labute approximate surface area is 97.1 Å². The Hall–Kier alpha value is -0.810. The lowest BCUT2D eigenvalue weighted by Gasteiger charge is -2.42. The molecule has 3 unspecified atom stereocenters. The van der Waals surface area contributed by atoms with E-state index in [0.717, 1.165) is 19.3 Å². The number of rotatable bonds is 6. The van der Waals surface area contributed by atoms with Gasteiger partial charge in [0.1, 0.15) is 0 Å². The molecule has 4 N–H and O–H groups in total. The van der Waals surface area contributed by atoms with Crippen LogP contribution in [0.4, 0.5) is 4.79 Å². The van der Waals surface area contributed by atoms with Crippen molar-refractivity contribution in [3.05, 3.63) is 0 Å². The molecular weight excluding hydrogens is 206 g/mol. The Morgan fingerprint density at radius 1 is 1.50 bits per heavy atom. The van der Waals surface area contributed by atoms with Gasteiger partial charge in [0.25, 0.3) is 0 Å². The van der Waals surface area contributed by atoms with Crippen LogP contribution in [-0.2, 0) is 4.74 Å². The second kappa shape index (κ2) is 6.70. The van der Waals surface area contributed by atoms with Crippen molar-refractivity contribution in [2.75, 3.05) is 13.2 Å². The third-order valence-corrected chi connectivity index (χ3v) is 2.86. The number of urea groups is 1. The number of nitrogens with two attached hydrogens (primary N) is 1. The van der Waals surface area contributed by atoms with Gasteiger partial charge in [-0.25, -0.2) is 4.79 Å². The van der Waals surface area contributed by atoms with E-state index in [-0.39, 0.29) is 24.2 Å². The van der Waals surface area contributed by atoms with Crippen LogP contribution < -0.4 is 16.4 Å². The van der Waals surface area contributed by atoms with E-state index in [1.165, 1.54) is 0 Å². The van der Waals surface area contributed by atoms with E-state index in [0.29, 0.717) is 13.2 Å². The Kier molecular flexibility index (Phi) is 5.55. The standard InChI is InChI=1S/C11H23N3O2/c1-3-5-6-13-11(15)14-10-8(12)7-9(10)16-4-2/h8-10H,3-7,12H2,1-2H3,(H2,13,14,15). The summed E-state index contributed by atoms with van der Waals surface area (Å²) in [5.74, 6) is 0. The molecule has 5 heteroatoms. The molecule has 0 bridgehead atoms. The molecule has 1 rings (SSSR count). The van der Waals surface area contributed by atoms with Gasteiger partial charge in [-0.15, -0.1) is 0 Å². The molecule has 16 heavy (non-hydrogen) atoms. The second-order valence-corrected chi connectivity index (χ2v) is 4.17. The summed E-state index contributed by atoms with van der Waals surface area (Å²) < 4.78 is 5.46. The number of carbonyl (C=O) groups is 1. The van der Waals surface area contributed by atoms with E-state index < -0.39 is 0 Å². The SMILES string of the molecule is CCCCNC(=O)NC1C(N)CC1OCC. The van der Waals surface area contributed by atoms with Crippen molar-refractivity contribution in [2.24, 2.45) is 5.73 Å². The van der Waals surface area contributed by atoms with Crippen LogP contribution in [0.3, 0.4) is 0 Å². The molecule has 0 heterocycles. The Morgan fingerprint density at radius 2 is 2.25 bits per heavy atom. The first-order valence-electron chi connectivity index (χ1n) is 6.10. The van der Waals surface area contributed by atoms with Crippen molar-refractivity contribution in [3.63, 3.8) is 0 Å². The van der Waals surface area contributed by atoms with Crippen molar-refractivity contribution >= 4 is 6.03 Å². The number of hydrogen-bond acceptors (Lipinski definition) is 3. The van der Waals surface area contributed by atoms with Gasteiger partial charge in [0.2, 0.25) is 0 Å². The summed E-state index contributed by atoms with van der Waals surface area (Å²) in [6, 6.07) is -0.159. The van der Waals surface area contributed by atoms with Crippen LogP contribution in [0.5, 0.6) is 0 Å². The number of carbonyl (C=O) groups excluding carboxylic acids is 1. The molecule has 0 aliphatic heterocycles. The number of hydrogen-bond donors (Lipinski definition) is 3. The molecule has 5 nitrogen and oxygen atoms in total. The van der Waals surface area contributed by atoms with E-state index >= 15 is 0 Å². The van der Waals surface area contributed by atoms with Gasteiger partial charge in [-0.2, -0.15) is 0 Å². The highest BCUT2D eigenvalue weighted by Crippen LogP contribution is 2.22. The second-order valence-electron chi connectivity index (χ2n) is 4.17. The number of amides is 2. The molecule has 1 aliphatic rings. The average molecular weight is 229 g/mol. The molecule has 94 valence electrons. The highest BCUT2D eigenvalue weighted by Gasteiger charge is 2.40. The van der Waals surface area contributed by atoms with Gasteiger partial charge in [0.15, 0.2) is 0 Å². The van der Waals surface area contributed by atoms with Crippen molar-refractivity contribution in [3.8, 4) is 0 Å². The van der Waals surface area contributed by atoms with Crippen LogP contribution in [0.25, 0.3) is 0 Å². The summed E-state index contributed by atoms with van der Waals surface area (Å²) in [4.78, 5) is 11.5. The molecular formula is C11H23N3O2. The van der Waals surface area contributed by atoms with E-state index in [2.05, 4.69) is 17.6 Å². The van der Waals surface area contributed by atoms with Gasteiger partial charge in [-0.05, 0) is 19.8 Å². The fourth-order valence-electron chi connectivity index (χ4n) is 1.81. The first-order chi connectivity index (χ1) is 7.69. The van der Waals surface area contributed by atoms with Crippen molar-refractivity contribution in [1.82, 2.24) is 10.6 Å². The molecule has 0 radical (unpaired) electrons. The zero-order valence-electron chi connectivity index (χ0n) is 10.2. The van der Waals surface area contributed by atoms with E-state index in [1.807, 2.05) is 6.92 Å². The maximum atomic E-state index is 11.5. The van der Waals surface area contributed by atoms with Crippen LogP contribution in [0, 0.1) is 0 Å². The Morgan fingerprint density at radius 3 is 2.81 bits per heavy atom. The molecule has 3 atom stereocenters. The van der Waals surface area contributed by atoms with Gasteiger partial charge < -0.3 is 21.1 Å². The highest BCUT2D eigenvalue weighted by atomic mass is 16.5. The van der Waals surface area contributed by atoms with Crippen LogP contribution in [0.15, 0.2) is 0 Å². The first-order valence-corrected chi connectivity index (χ1v) is 6.10. The predicted octanol–water partition coefficient (Wildman–Crippen LogP) is 0.590. The Bertz CT molecular complexity index is 221. The van der Waals surface area contributed by atoms with Gasteiger partial charge in [-0.1, -0.05) is 13.3 Å². The van der Waals surface area contributed by atoms with Crippen molar-refractivity contribution in [2.45, 2.75) is 51.3 Å². The van der Waals surface area contributed by atoms with Gasteiger partial charge in [0, 0.05) is 19.2 Å². The average Bonchev–Trinajstić information content (AvgIpc) is 2.26. The summed E-state index contributed by atoms with van der Waals surface area (Å²) in [5.41, 5.74) is 5.82. The molecule has 0 spiro atoms. The van der Waals surface area contributed by atoms with Crippen molar-refractivity contribution < 1.29 is 9.53 Å². The number of unbranched alkanes of at least 4 members (excludes halogenated alkanes) is 1. The number of nitrogens with one attached hydrogen (secondary N) is 2. The van der Waals surface area contributed by atoms with Crippen LogP contribution in [0.1, 0.15) is 33.1 Å². The largest absolute Gasteiger partial charge is 0.376 e. The summed E-state index contributed by atoms with van der Waals surface area (Å²) in [6.45, 7) is 5.41. The van der Waals surface area contributed by atoms with E-state index in [9.17, 15) is 4.79 Å².